The highest BCUT2D eigenvalue weighted by Gasteiger charge is 2.18. The van der Waals surface area contributed by atoms with E-state index in [1.807, 2.05) is 38.0 Å². The van der Waals surface area contributed by atoms with Gasteiger partial charge in [-0.05, 0) is 38.1 Å². The van der Waals surface area contributed by atoms with Crippen molar-refractivity contribution in [1.29, 1.82) is 0 Å². The van der Waals surface area contributed by atoms with Crippen molar-refractivity contribution in [3.8, 4) is 5.75 Å². The second-order valence-corrected chi connectivity index (χ2v) is 4.65. The zero-order valence-corrected chi connectivity index (χ0v) is 12.6. The van der Waals surface area contributed by atoms with Gasteiger partial charge in [-0.3, -0.25) is 9.67 Å². The predicted octanol–water partition coefficient (Wildman–Crippen LogP) is 2.08. The van der Waals surface area contributed by atoms with Crippen LogP contribution in [0.4, 0.5) is 0 Å². The van der Waals surface area contributed by atoms with Crippen molar-refractivity contribution < 1.29 is 4.74 Å². The normalized spacial score (nSPS) is 12.4. The number of hydrogen-bond acceptors (Lipinski definition) is 4. The number of ether oxygens (including phenoxy) is 1. The number of aromatic nitrogens is 3. The second kappa shape index (κ2) is 6.52. The molecule has 0 bridgehead atoms. The second-order valence-electron chi connectivity index (χ2n) is 4.65. The molecule has 0 fully saturated rings. The summed E-state index contributed by atoms with van der Waals surface area (Å²) in [5.74, 6) is 0.795. The molecule has 2 aromatic heterocycles. The Labute approximate surface area is 120 Å². The third kappa shape index (κ3) is 2.99. The molecule has 0 aliphatic carbocycles. The summed E-state index contributed by atoms with van der Waals surface area (Å²) in [4.78, 5) is 4.26. The number of pyridine rings is 1. The van der Waals surface area contributed by atoms with E-state index in [-0.39, 0.29) is 6.04 Å². The molecule has 0 spiro atoms. The van der Waals surface area contributed by atoms with Crippen molar-refractivity contribution in [2.75, 3.05) is 13.7 Å². The third-order valence-corrected chi connectivity index (χ3v) is 3.29. The van der Waals surface area contributed by atoms with E-state index in [4.69, 9.17) is 4.74 Å². The molecule has 5 heteroatoms. The summed E-state index contributed by atoms with van der Waals surface area (Å²) in [7, 11) is 3.91. The first-order valence-electron chi connectivity index (χ1n) is 6.97. The molecule has 1 N–H and O–H groups in total. The fourth-order valence-corrected chi connectivity index (χ4v) is 2.31. The van der Waals surface area contributed by atoms with Crippen molar-refractivity contribution in [1.82, 2.24) is 20.1 Å². The molecular weight excluding hydrogens is 252 g/mol. The van der Waals surface area contributed by atoms with Gasteiger partial charge in [0.2, 0.25) is 0 Å². The van der Waals surface area contributed by atoms with Crippen LogP contribution in [-0.4, -0.2) is 28.4 Å². The molecule has 0 aromatic carbocycles. The standard InChI is InChI=1S/C15H22N4O/c1-5-12-8-14(19(4)18-12)15(16-3)11-7-13(20-6-2)10-17-9-11/h7-10,15-16H,5-6H2,1-4H3. The lowest BCUT2D eigenvalue weighted by molar-refractivity contribution is 0.338. The van der Waals surface area contributed by atoms with Gasteiger partial charge in [0.05, 0.1) is 30.2 Å². The molecule has 0 amide bonds. The van der Waals surface area contributed by atoms with E-state index in [0.29, 0.717) is 6.61 Å². The molecule has 0 saturated heterocycles. The molecule has 0 aliphatic rings. The molecule has 0 aliphatic heterocycles. The van der Waals surface area contributed by atoms with Crippen molar-refractivity contribution in [3.63, 3.8) is 0 Å². The Morgan fingerprint density at radius 3 is 2.70 bits per heavy atom. The molecule has 1 atom stereocenters. The van der Waals surface area contributed by atoms with Crippen LogP contribution in [0.2, 0.25) is 0 Å². The maximum Gasteiger partial charge on any atom is 0.137 e. The molecule has 2 rings (SSSR count). The van der Waals surface area contributed by atoms with Gasteiger partial charge in [-0.15, -0.1) is 0 Å². The summed E-state index contributed by atoms with van der Waals surface area (Å²) in [5, 5.41) is 7.83. The van der Waals surface area contributed by atoms with Crippen LogP contribution in [0.25, 0.3) is 0 Å². The molecular formula is C15H22N4O. The lowest BCUT2D eigenvalue weighted by Crippen LogP contribution is -2.20. The maximum atomic E-state index is 5.52. The van der Waals surface area contributed by atoms with Crippen LogP contribution in [0.15, 0.2) is 24.5 Å². The lowest BCUT2D eigenvalue weighted by Gasteiger charge is -2.17. The van der Waals surface area contributed by atoms with E-state index >= 15 is 0 Å². The molecule has 2 aromatic rings. The van der Waals surface area contributed by atoms with Crippen LogP contribution in [0.5, 0.6) is 5.75 Å². The summed E-state index contributed by atoms with van der Waals surface area (Å²) < 4.78 is 7.44. The van der Waals surface area contributed by atoms with E-state index in [1.165, 1.54) is 0 Å². The number of hydrogen-bond donors (Lipinski definition) is 1. The van der Waals surface area contributed by atoms with Gasteiger partial charge in [0.15, 0.2) is 0 Å². The molecule has 108 valence electrons. The highest BCUT2D eigenvalue weighted by molar-refractivity contribution is 5.32. The van der Waals surface area contributed by atoms with Crippen molar-refractivity contribution in [3.05, 3.63) is 41.5 Å². The molecule has 0 saturated carbocycles. The van der Waals surface area contributed by atoms with Crippen molar-refractivity contribution in [2.24, 2.45) is 7.05 Å². The van der Waals surface area contributed by atoms with Crippen molar-refractivity contribution >= 4 is 0 Å². The van der Waals surface area contributed by atoms with Gasteiger partial charge >= 0.3 is 0 Å². The van der Waals surface area contributed by atoms with E-state index in [2.05, 4.69) is 28.4 Å². The molecule has 5 nitrogen and oxygen atoms in total. The van der Waals surface area contributed by atoms with Gasteiger partial charge in [-0.1, -0.05) is 6.92 Å². The van der Waals surface area contributed by atoms with Crippen LogP contribution in [0.3, 0.4) is 0 Å². The highest BCUT2D eigenvalue weighted by atomic mass is 16.5. The fraction of sp³-hybridized carbons (Fsp3) is 0.467. The van der Waals surface area contributed by atoms with E-state index in [0.717, 1.165) is 29.1 Å². The Bertz CT molecular complexity index is 565. The Hall–Kier alpha value is -1.88. The SMILES string of the molecule is CCOc1cncc(C(NC)c2cc(CC)nn2C)c1. The van der Waals surface area contributed by atoms with E-state index in [1.54, 1.807) is 6.20 Å². The van der Waals surface area contributed by atoms with Crippen LogP contribution in [-0.2, 0) is 13.5 Å². The minimum atomic E-state index is 0.0562. The molecule has 2 heterocycles. The Kier molecular flexibility index (Phi) is 4.74. The monoisotopic (exact) mass is 274 g/mol. The Balaban J connectivity index is 2.35. The topological polar surface area (TPSA) is 52.0 Å². The largest absolute Gasteiger partial charge is 0.492 e. The fourth-order valence-electron chi connectivity index (χ4n) is 2.31. The van der Waals surface area contributed by atoms with E-state index in [9.17, 15) is 0 Å². The number of rotatable bonds is 6. The third-order valence-electron chi connectivity index (χ3n) is 3.29. The predicted molar refractivity (Wildman–Crippen MR) is 78.9 cm³/mol. The average molecular weight is 274 g/mol. The van der Waals surface area contributed by atoms with Gasteiger partial charge in [0, 0.05) is 13.2 Å². The quantitative estimate of drug-likeness (QED) is 0.876. The summed E-state index contributed by atoms with van der Waals surface area (Å²) >= 11 is 0. The first kappa shape index (κ1) is 14.5. The van der Waals surface area contributed by atoms with Gasteiger partial charge in [-0.2, -0.15) is 5.10 Å². The van der Waals surface area contributed by atoms with E-state index < -0.39 is 0 Å². The minimum Gasteiger partial charge on any atom is -0.492 e. The Morgan fingerprint density at radius 1 is 1.30 bits per heavy atom. The molecule has 0 radical (unpaired) electrons. The number of nitrogens with zero attached hydrogens (tertiary/aromatic N) is 3. The minimum absolute atomic E-state index is 0.0562. The van der Waals surface area contributed by atoms with Crippen molar-refractivity contribution in [2.45, 2.75) is 26.3 Å². The lowest BCUT2D eigenvalue weighted by atomic mass is 10.1. The van der Waals surface area contributed by atoms with Gasteiger partial charge in [0.1, 0.15) is 5.75 Å². The Morgan fingerprint density at radius 2 is 2.10 bits per heavy atom. The van der Waals surface area contributed by atoms with Gasteiger partial charge < -0.3 is 10.1 Å². The first-order valence-corrected chi connectivity index (χ1v) is 6.97. The molecule has 20 heavy (non-hydrogen) atoms. The van der Waals surface area contributed by atoms with Gasteiger partial charge in [-0.25, -0.2) is 0 Å². The number of aryl methyl sites for hydroxylation is 2. The van der Waals surface area contributed by atoms with Crippen LogP contribution in [0.1, 0.15) is 36.8 Å². The van der Waals surface area contributed by atoms with Gasteiger partial charge in [0.25, 0.3) is 0 Å². The van der Waals surface area contributed by atoms with Crippen LogP contribution < -0.4 is 10.1 Å². The average Bonchev–Trinajstić information content (AvgIpc) is 2.82. The number of nitrogens with one attached hydrogen (secondary N) is 1. The smallest absolute Gasteiger partial charge is 0.137 e. The summed E-state index contributed by atoms with van der Waals surface area (Å²) in [6.45, 7) is 4.72. The van der Waals surface area contributed by atoms with Crippen LogP contribution in [0, 0.1) is 0 Å². The molecule has 1 unspecified atom stereocenters. The summed E-state index contributed by atoms with van der Waals surface area (Å²) in [6, 6.07) is 4.21. The maximum absolute atomic E-state index is 5.52. The van der Waals surface area contributed by atoms with Crippen LogP contribution >= 0.6 is 0 Å². The zero-order valence-electron chi connectivity index (χ0n) is 12.6. The zero-order chi connectivity index (χ0) is 14.5. The highest BCUT2D eigenvalue weighted by Crippen LogP contribution is 2.24. The summed E-state index contributed by atoms with van der Waals surface area (Å²) in [5.41, 5.74) is 3.29. The summed E-state index contributed by atoms with van der Waals surface area (Å²) in [6.07, 6.45) is 4.53. The first-order chi connectivity index (χ1) is 9.69.